The van der Waals surface area contributed by atoms with Crippen LogP contribution in [0.1, 0.15) is 28.4 Å². The van der Waals surface area contributed by atoms with Gasteiger partial charge in [-0.15, -0.1) is 0 Å². The van der Waals surface area contributed by atoms with Gasteiger partial charge in [-0.3, -0.25) is 4.79 Å². The molecule has 39 heavy (non-hydrogen) atoms. The van der Waals surface area contributed by atoms with E-state index >= 15 is 0 Å². The van der Waals surface area contributed by atoms with Gasteiger partial charge in [-0.25, -0.2) is 18.2 Å². The SMILES string of the molecule is CCOC(=O)N1CCN(S(=O)(=O)c2ccc(C(=O)N3CCN(c4nc5c(C)ccc(C)c5s4)CC3)cc2)CC1. The van der Waals surface area contributed by atoms with E-state index in [-0.39, 0.29) is 43.6 Å². The van der Waals surface area contributed by atoms with Gasteiger partial charge < -0.3 is 19.4 Å². The molecule has 1 aromatic heterocycles. The lowest BCUT2D eigenvalue weighted by Crippen LogP contribution is -2.50. The lowest BCUT2D eigenvalue weighted by atomic mass is 10.1. The van der Waals surface area contributed by atoms with Gasteiger partial charge in [-0.05, 0) is 56.2 Å². The van der Waals surface area contributed by atoms with Gasteiger partial charge in [0.05, 0.1) is 21.7 Å². The van der Waals surface area contributed by atoms with Crippen molar-refractivity contribution in [3.8, 4) is 0 Å². The molecular weight excluding hydrogens is 538 g/mol. The van der Waals surface area contributed by atoms with Crippen molar-refractivity contribution in [2.75, 3.05) is 63.9 Å². The minimum absolute atomic E-state index is 0.113. The summed E-state index contributed by atoms with van der Waals surface area (Å²) in [5.74, 6) is -0.113. The van der Waals surface area contributed by atoms with E-state index in [2.05, 4.69) is 30.9 Å². The molecule has 3 heterocycles. The number of thiazole rings is 1. The van der Waals surface area contributed by atoms with Crippen LogP contribution in [0.15, 0.2) is 41.3 Å². The normalized spacial score (nSPS) is 17.1. The smallest absolute Gasteiger partial charge is 0.409 e. The molecule has 0 aliphatic carbocycles. The second-order valence-corrected chi connectivity index (χ2v) is 12.7. The maximum absolute atomic E-state index is 13.2. The molecule has 2 aliphatic rings. The third-order valence-corrected chi connectivity index (χ3v) is 10.4. The van der Waals surface area contributed by atoms with Crippen LogP contribution in [-0.2, 0) is 14.8 Å². The van der Waals surface area contributed by atoms with Crippen molar-refractivity contribution in [2.24, 2.45) is 0 Å². The van der Waals surface area contributed by atoms with Gasteiger partial charge in [0.25, 0.3) is 5.91 Å². The molecule has 10 nitrogen and oxygen atoms in total. The quantitative estimate of drug-likeness (QED) is 0.463. The van der Waals surface area contributed by atoms with Crippen molar-refractivity contribution in [3.05, 3.63) is 53.1 Å². The Kier molecular flexibility index (Phi) is 7.79. The number of nitrogens with zero attached hydrogens (tertiary/aromatic N) is 5. The standard InChI is InChI=1S/C27H33N5O5S2/c1-4-37-27(34)31-15-17-32(18-16-31)39(35,36)22-9-7-21(8-10-22)25(33)29-11-13-30(14-12-29)26-28-23-19(2)5-6-20(3)24(23)38-26/h5-10H,4,11-18H2,1-3H3. The summed E-state index contributed by atoms with van der Waals surface area (Å²) in [6.07, 6.45) is -0.427. The molecule has 0 spiro atoms. The summed E-state index contributed by atoms with van der Waals surface area (Å²) in [6, 6.07) is 10.4. The highest BCUT2D eigenvalue weighted by atomic mass is 32.2. The van der Waals surface area contributed by atoms with Crippen LogP contribution >= 0.6 is 11.3 Å². The van der Waals surface area contributed by atoms with E-state index in [9.17, 15) is 18.0 Å². The number of aromatic nitrogens is 1. The molecule has 2 saturated heterocycles. The first-order valence-corrected chi connectivity index (χ1v) is 15.4. The first kappa shape index (κ1) is 27.4. The molecule has 208 valence electrons. The molecule has 2 amide bonds. The number of ether oxygens (including phenoxy) is 1. The third kappa shape index (κ3) is 5.45. The fourth-order valence-corrected chi connectivity index (χ4v) is 7.50. The molecule has 0 radical (unpaired) electrons. The first-order chi connectivity index (χ1) is 18.7. The maximum atomic E-state index is 13.2. The van der Waals surface area contributed by atoms with Gasteiger partial charge in [0.1, 0.15) is 0 Å². The number of aryl methyl sites for hydroxylation is 2. The average Bonchev–Trinajstić information content (AvgIpc) is 3.42. The van der Waals surface area contributed by atoms with E-state index in [1.54, 1.807) is 35.3 Å². The number of carbonyl (C=O) groups excluding carboxylic acids is 2. The van der Waals surface area contributed by atoms with E-state index in [0.29, 0.717) is 31.7 Å². The zero-order chi connectivity index (χ0) is 27.7. The number of carbonyl (C=O) groups is 2. The van der Waals surface area contributed by atoms with Crippen molar-refractivity contribution < 1.29 is 22.7 Å². The maximum Gasteiger partial charge on any atom is 0.409 e. The molecule has 3 aromatic rings. The van der Waals surface area contributed by atoms with Gasteiger partial charge in [0, 0.05) is 57.9 Å². The number of sulfonamides is 1. The summed E-state index contributed by atoms with van der Waals surface area (Å²) in [5.41, 5.74) is 3.89. The van der Waals surface area contributed by atoms with E-state index in [1.165, 1.54) is 31.6 Å². The Labute approximate surface area is 232 Å². The molecule has 0 bridgehead atoms. The third-order valence-electron chi connectivity index (χ3n) is 7.27. The summed E-state index contributed by atoms with van der Waals surface area (Å²) in [6.45, 7) is 9.64. The fourth-order valence-electron chi connectivity index (χ4n) is 4.91. The predicted molar refractivity (Wildman–Crippen MR) is 151 cm³/mol. The average molecular weight is 572 g/mol. The Morgan fingerprint density at radius 1 is 0.872 bits per heavy atom. The molecule has 2 fully saturated rings. The van der Waals surface area contributed by atoms with Gasteiger partial charge >= 0.3 is 6.09 Å². The lowest BCUT2D eigenvalue weighted by molar-refractivity contribution is 0.0746. The summed E-state index contributed by atoms with van der Waals surface area (Å²) >= 11 is 1.69. The van der Waals surface area contributed by atoms with Crippen LogP contribution in [0, 0.1) is 13.8 Å². The first-order valence-electron chi connectivity index (χ1n) is 13.1. The number of hydrogen-bond acceptors (Lipinski definition) is 8. The second kappa shape index (κ2) is 11.1. The summed E-state index contributed by atoms with van der Waals surface area (Å²) < 4.78 is 33.8. The highest BCUT2D eigenvalue weighted by Gasteiger charge is 2.31. The zero-order valence-electron chi connectivity index (χ0n) is 22.4. The van der Waals surface area contributed by atoms with Gasteiger partial charge in [0.2, 0.25) is 10.0 Å². The number of amides is 2. The summed E-state index contributed by atoms with van der Waals surface area (Å²) in [7, 11) is -3.73. The van der Waals surface area contributed by atoms with E-state index in [4.69, 9.17) is 9.72 Å². The van der Waals surface area contributed by atoms with Gasteiger partial charge in [0.15, 0.2) is 5.13 Å². The molecule has 5 rings (SSSR count). The highest BCUT2D eigenvalue weighted by molar-refractivity contribution is 7.89. The molecule has 2 aromatic carbocycles. The number of hydrogen-bond donors (Lipinski definition) is 0. The van der Waals surface area contributed by atoms with Crippen LogP contribution in [-0.4, -0.2) is 98.5 Å². The van der Waals surface area contributed by atoms with Crippen LogP contribution < -0.4 is 4.90 Å². The molecular formula is C27H33N5O5S2. The molecule has 0 atom stereocenters. The number of anilines is 1. The van der Waals surface area contributed by atoms with Gasteiger partial charge in [-0.1, -0.05) is 23.5 Å². The lowest BCUT2D eigenvalue weighted by Gasteiger charge is -2.34. The Balaban J connectivity index is 1.19. The molecule has 0 N–H and O–H groups in total. The minimum Gasteiger partial charge on any atom is -0.450 e. The van der Waals surface area contributed by atoms with Crippen molar-refractivity contribution in [1.82, 2.24) is 19.1 Å². The van der Waals surface area contributed by atoms with E-state index < -0.39 is 16.1 Å². The number of benzene rings is 2. The van der Waals surface area contributed by atoms with E-state index in [0.717, 1.165) is 16.2 Å². The van der Waals surface area contributed by atoms with Crippen molar-refractivity contribution in [2.45, 2.75) is 25.7 Å². The monoisotopic (exact) mass is 571 g/mol. The van der Waals surface area contributed by atoms with Crippen molar-refractivity contribution in [1.29, 1.82) is 0 Å². The predicted octanol–water partition coefficient (Wildman–Crippen LogP) is 3.34. The van der Waals surface area contributed by atoms with Crippen LogP contribution in [0.4, 0.5) is 9.93 Å². The highest BCUT2D eigenvalue weighted by Crippen LogP contribution is 2.33. The Morgan fingerprint density at radius 3 is 2.10 bits per heavy atom. The Bertz CT molecular complexity index is 1430. The summed E-state index contributed by atoms with van der Waals surface area (Å²) in [4.78, 5) is 35.6. The summed E-state index contributed by atoms with van der Waals surface area (Å²) in [5, 5.41) is 0.979. The molecule has 0 unspecified atom stereocenters. The van der Waals surface area contributed by atoms with Crippen LogP contribution in [0.25, 0.3) is 10.2 Å². The molecule has 0 saturated carbocycles. The van der Waals surface area contributed by atoms with Crippen molar-refractivity contribution >= 4 is 48.7 Å². The molecule has 12 heteroatoms. The topological polar surface area (TPSA) is 103 Å². The molecule has 2 aliphatic heterocycles. The van der Waals surface area contributed by atoms with Crippen LogP contribution in [0.3, 0.4) is 0 Å². The van der Waals surface area contributed by atoms with E-state index in [1.807, 2.05) is 0 Å². The largest absolute Gasteiger partial charge is 0.450 e. The van der Waals surface area contributed by atoms with Gasteiger partial charge in [-0.2, -0.15) is 4.31 Å². The Hall–Kier alpha value is -3.22. The fraction of sp³-hybridized carbons (Fsp3) is 0.444. The number of piperazine rings is 2. The zero-order valence-corrected chi connectivity index (χ0v) is 24.1. The second-order valence-electron chi connectivity index (χ2n) is 9.77. The number of rotatable bonds is 5. The van der Waals surface area contributed by atoms with Crippen LogP contribution in [0.2, 0.25) is 0 Å². The number of fused-ring (bicyclic) bond motifs is 1. The Morgan fingerprint density at radius 2 is 1.49 bits per heavy atom. The minimum atomic E-state index is -3.73. The van der Waals surface area contributed by atoms with Crippen LogP contribution in [0.5, 0.6) is 0 Å². The van der Waals surface area contributed by atoms with Crippen molar-refractivity contribution in [3.63, 3.8) is 0 Å².